The summed E-state index contributed by atoms with van der Waals surface area (Å²) < 4.78 is 12.1. The molecule has 1 atom stereocenters. The van der Waals surface area contributed by atoms with Crippen LogP contribution in [0.15, 0.2) is 24.3 Å². The van der Waals surface area contributed by atoms with Gasteiger partial charge in [0.15, 0.2) is 0 Å². The molecular formula is C24H36N2O3. The van der Waals surface area contributed by atoms with Gasteiger partial charge in [0, 0.05) is 51.2 Å². The molecule has 1 amide bonds. The fourth-order valence-corrected chi connectivity index (χ4v) is 5.27. The second-order valence-corrected chi connectivity index (χ2v) is 9.51. The lowest BCUT2D eigenvalue weighted by molar-refractivity contribution is -0.122. The average molecular weight is 401 g/mol. The predicted octanol–water partition coefficient (Wildman–Crippen LogP) is 3.73. The third-order valence-electron chi connectivity index (χ3n) is 6.81. The van der Waals surface area contributed by atoms with E-state index in [9.17, 15) is 4.79 Å². The molecule has 1 unspecified atom stereocenters. The summed E-state index contributed by atoms with van der Waals surface area (Å²) in [4.78, 5) is 15.1. The van der Waals surface area contributed by atoms with Crippen molar-refractivity contribution in [2.45, 2.75) is 69.9 Å². The smallest absolute Gasteiger partial charge is 0.220 e. The van der Waals surface area contributed by atoms with Crippen LogP contribution < -0.4 is 10.1 Å². The maximum atomic E-state index is 12.5. The van der Waals surface area contributed by atoms with E-state index in [0.29, 0.717) is 6.42 Å². The Hall–Kier alpha value is -1.59. The molecule has 29 heavy (non-hydrogen) atoms. The van der Waals surface area contributed by atoms with Gasteiger partial charge in [-0.05, 0) is 63.5 Å². The number of nitrogens with zero attached hydrogens (tertiary/aromatic N) is 1. The van der Waals surface area contributed by atoms with Crippen molar-refractivity contribution in [3.63, 3.8) is 0 Å². The Bertz CT molecular complexity index is 691. The molecule has 3 aliphatic rings. The van der Waals surface area contributed by atoms with Crippen molar-refractivity contribution in [2.24, 2.45) is 5.92 Å². The lowest BCUT2D eigenvalue weighted by Crippen LogP contribution is -2.51. The van der Waals surface area contributed by atoms with Gasteiger partial charge in [0.1, 0.15) is 11.4 Å². The number of hydrogen-bond acceptors (Lipinski definition) is 4. The van der Waals surface area contributed by atoms with Gasteiger partial charge in [-0.1, -0.05) is 18.2 Å². The van der Waals surface area contributed by atoms with Gasteiger partial charge in [-0.3, -0.25) is 4.79 Å². The summed E-state index contributed by atoms with van der Waals surface area (Å²) >= 11 is 0. The van der Waals surface area contributed by atoms with Crippen LogP contribution in [0, 0.1) is 5.92 Å². The Balaban J connectivity index is 1.41. The minimum Gasteiger partial charge on any atom is -0.487 e. The summed E-state index contributed by atoms with van der Waals surface area (Å²) in [5.74, 6) is 2.15. The molecule has 5 heteroatoms. The summed E-state index contributed by atoms with van der Waals surface area (Å²) in [6.07, 6.45) is 5.98. The van der Waals surface area contributed by atoms with Crippen molar-refractivity contribution in [1.29, 1.82) is 0 Å². The Morgan fingerprint density at radius 2 is 1.93 bits per heavy atom. The van der Waals surface area contributed by atoms with Gasteiger partial charge in [-0.25, -0.2) is 0 Å². The van der Waals surface area contributed by atoms with E-state index in [-0.39, 0.29) is 23.5 Å². The third kappa shape index (κ3) is 5.13. The van der Waals surface area contributed by atoms with Gasteiger partial charge in [-0.2, -0.15) is 0 Å². The number of rotatable bonds is 5. The van der Waals surface area contributed by atoms with Crippen molar-refractivity contribution in [2.75, 3.05) is 32.8 Å². The fourth-order valence-electron chi connectivity index (χ4n) is 5.27. The number of nitrogens with one attached hydrogen (secondary N) is 1. The molecule has 160 valence electrons. The van der Waals surface area contributed by atoms with E-state index in [4.69, 9.17) is 9.47 Å². The number of amides is 1. The summed E-state index contributed by atoms with van der Waals surface area (Å²) in [7, 11) is 0. The normalized spacial score (nSPS) is 24.9. The molecule has 1 aromatic rings. The minimum absolute atomic E-state index is 0.122. The van der Waals surface area contributed by atoms with E-state index < -0.39 is 0 Å². The first-order chi connectivity index (χ1) is 14.0. The maximum Gasteiger partial charge on any atom is 0.220 e. The molecule has 0 bridgehead atoms. The highest BCUT2D eigenvalue weighted by Crippen LogP contribution is 2.46. The number of piperidine rings is 1. The molecular weight excluding hydrogens is 364 g/mol. The van der Waals surface area contributed by atoms with Crippen LogP contribution in [0.1, 0.15) is 63.9 Å². The monoisotopic (exact) mass is 400 g/mol. The van der Waals surface area contributed by atoms with Crippen molar-refractivity contribution >= 4 is 5.91 Å². The van der Waals surface area contributed by atoms with E-state index in [0.717, 1.165) is 57.2 Å². The summed E-state index contributed by atoms with van der Waals surface area (Å²) in [6, 6.07) is 8.50. The molecule has 1 aromatic carbocycles. The second kappa shape index (κ2) is 9.05. The fraction of sp³-hybridized carbons (Fsp3) is 0.708. The maximum absolute atomic E-state index is 12.5. The summed E-state index contributed by atoms with van der Waals surface area (Å²) in [5, 5.41) is 3.07. The van der Waals surface area contributed by atoms with Gasteiger partial charge < -0.3 is 19.7 Å². The molecule has 0 saturated carbocycles. The number of fused-ring (bicyclic) bond motifs is 1. The van der Waals surface area contributed by atoms with Gasteiger partial charge >= 0.3 is 0 Å². The SMILES string of the molecule is CC(C)NC(=O)CC1CC2(CCN(CC3CCOCC3)CC2)Oc2ccccc21. The second-order valence-electron chi connectivity index (χ2n) is 9.51. The molecule has 3 heterocycles. The van der Waals surface area contributed by atoms with E-state index in [1.165, 1.54) is 24.9 Å². The Kier molecular flexibility index (Phi) is 6.45. The number of carbonyl (C=O) groups is 1. The van der Waals surface area contributed by atoms with Crippen LogP contribution in [-0.4, -0.2) is 55.3 Å². The highest BCUT2D eigenvalue weighted by molar-refractivity contribution is 5.77. The van der Waals surface area contributed by atoms with Crippen LogP contribution in [0.2, 0.25) is 0 Å². The van der Waals surface area contributed by atoms with Crippen molar-refractivity contribution in [3.8, 4) is 5.75 Å². The summed E-state index contributed by atoms with van der Waals surface area (Å²) in [6.45, 7) is 9.24. The topological polar surface area (TPSA) is 50.8 Å². The van der Waals surface area contributed by atoms with Gasteiger partial charge in [0.25, 0.3) is 0 Å². The first-order valence-corrected chi connectivity index (χ1v) is 11.4. The Labute approximate surface area is 175 Å². The zero-order valence-corrected chi connectivity index (χ0v) is 18.0. The lowest BCUT2D eigenvalue weighted by Gasteiger charge is -2.47. The number of benzene rings is 1. The van der Waals surface area contributed by atoms with E-state index >= 15 is 0 Å². The molecule has 0 aromatic heterocycles. The quantitative estimate of drug-likeness (QED) is 0.818. The molecule has 5 nitrogen and oxygen atoms in total. The predicted molar refractivity (Wildman–Crippen MR) is 114 cm³/mol. The standard InChI is InChI=1S/C24H36N2O3/c1-18(2)25-23(27)15-20-16-24(29-22-6-4-3-5-21(20)22)9-11-26(12-10-24)17-19-7-13-28-14-8-19/h3-6,18-20H,7-17H2,1-2H3,(H,25,27). The molecule has 2 saturated heterocycles. The number of hydrogen-bond donors (Lipinski definition) is 1. The molecule has 4 rings (SSSR count). The molecule has 2 fully saturated rings. The number of carbonyl (C=O) groups excluding carboxylic acids is 1. The molecule has 1 spiro atoms. The first kappa shape index (κ1) is 20.7. The highest BCUT2D eigenvalue weighted by atomic mass is 16.5. The van der Waals surface area contributed by atoms with Crippen LogP contribution in [0.4, 0.5) is 0 Å². The van der Waals surface area contributed by atoms with Crippen LogP contribution >= 0.6 is 0 Å². The van der Waals surface area contributed by atoms with E-state index in [1.54, 1.807) is 0 Å². The molecule has 0 aliphatic carbocycles. The number of likely N-dealkylation sites (tertiary alicyclic amines) is 1. The Morgan fingerprint density at radius 1 is 1.21 bits per heavy atom. The van der Waals surface area contributed by atoms with Crippen LogP contribution in [-0.2, 0) is 9.53 Å². The van der Waals surface area contributed by atoms with E-state index in [2.05, 4.69) is 28.4 Å². The Morgan fingerprint density at radius 3 is 2.66 bits per heavy atom. The molecule has 0 radical (unpaired) electrons. The zero-order chi connectivity index (χ0) is 20.3. The molecule has 3 aliphatic heterocycles. The van der Waals surface area contributed by atoms with Crippen LogP contribution in [0.25, 0.3) is 0 Å². The van der Waals surface area contributed by atoms with Crippen LogP contribution in [0.3, 0.4) is 0 Å². The van der Waals surface area contributed by atoms with E-state index in [1.807, 2.05) is 19.9 Å². The third-order valence-corrected chi connectivity index (χ3v) is 6.81. The zero-order valence-electron chi connectivity index (χ0n) is 18.0. The van der Waals surface area contributed by atoms with Gasteiger partial charge in [0.2, 0.25) is 5.91 Å². The van der Waals surface area contributed by atoms with Crippen molar-refractivity contribution < 1.29 is 14.3 Å². The first-order valence-electron chi connectivity index (χ1n) is 11.4. The largest absolute Gasteiger partial charge is 0.487 e. The van der Waals surface area contributed by atoms with Gasteiger partial charge in [0.05, 0.1) is 0 Å². The average Bonchev–Trinajstić information content (AvgIpc) is 2.70. The highest BCUT2D eigenvalue weighted by Gasteiger charge is 2.43. The van der Waals surface area contributed by atoms with Crippen molar-refractivity contribution in [1.82, 2.24) is 10.2 Å². The van der Waals surface area contributed by atoms with Crippen LogP contribution in [0.5, 0.6) is 5.75 Å². The van der Waals surface area contributed by atoms with Crippen molar-refractivity contribution in [3.05, 3.63) is 29.8 Å². The number of ether oxygens (including phenoxy) is 2. The molecule has 1 N–H and O–H groups in total. The summed E-state index contributed by atoms with van der Waals surface area (Å²) in [5.41, 5.74) is 1.07. The lowest BCUT2D eigenvalue weighted by atomic mass is 9.76. The van der Waals surface area contributed by atoms with Gasteiger partial charge in [-0.15, -0.1) is 0 Å². The number of para-hydroxylation sites is 1. The minimum atomic E-state index is -0.122.